The van der Waals surface area contributed by atoms with Crippen LogP contribution in [0.4, 0.5) is 24.7 Å². The summed E-state index contributed by atoms with van der Waals surface area (Å²) in [5.41, 5.74) is 1.43. The lowest BCUT2D eigenvalue weighted by Crippen LogP contribution is -2.41. The molecule has 0 saturated carbocycles. The van der Waals surface area contributed by atoms with E-state index in [9.17, 15) is 18.0 Å². The van der Waals surface area contributed by atoms with Gasteiger partial charge in [-0.25, -0.2) is 27.8 Å². The molecule has 7 nitrogen and oxygen atoms in total. The van der Waals surface area contributed by atoms with Crippen molar-refractivity contribution in [1.29, 1.82) is 0 Å². The van der Waals surface area contributed by atoms with Gasteiger partial charge in [0.15, 0.2) is 23.3 Å². The first-order chi connectivity index (χ1) is 14.8. The first kappa shape index (κ1) is 20.8. The third kappa shape index (κ3) is 4.23. The zero-order valence-corrected chi connectivity index (χ0v) is 17.1. The van der Waals surface area contributed by atoms with Gasteiger partial charge >= 0.3 is 0 Å². The molecular weight excluding hydrogens is 409 g/mol. The highest BCUT2D eigenvalue weighted by atomic mass is 19.2. The maximum absolute atomic E-state index is 13.9. The van der Waals surface area contributed by atoms with Gasteiger partial charge in [0.25, 0.3) is 0 Å². The molecule has 1 N–H and O–H groups in total. The van der Waals surface area contributed by atoms with Crippen LogP contribution in [0.15, 0.2) is 30.6 Å². The van der Waals surface area contributed by atoms with Crippen LogP contribution in [-0.4, -0.2) is 38.7 Å². The topological polar surface area (TPSA) is 75.9 Å². The Balaban J connectivity index is 1.50. The van der Waals surface area contributed by atoms with Crippen molar-refractivity contribution in [1.82, 2.24) is 19.7 Å². The number of anilines is 2. The molecule has 162 valence electrons. The Labute approximate surface area is 176 Å². The van der Waals surface area contributed by atoms with Crippen LogP contribution < -0.4 is 10.2 Å². The van der Waals surface area contributed by atoms with E-state index in [0.717, 1.165) is 29.9 Å². The van der Waals surface area contributed by atoms with Crippen LogP contribution in [-0.2, 0) is 4.79 Å². The summed E-state index contributed by atoms with van der Waals surface area (Å²) in [6.45, 7) is 4.87. The normalized spacial score (nSPS) is 16.4. The largest absolute Gasteiger partial charge is 0.356 e. The van der Waals surface area contributed by atoms with Gasteiger partial charge in [0.05, 0.1) is 17.3 Å². The van der Waals surface area contributed by atoms with E-state index in [4.69, 9.17) is 0 Å². The van der Waals surface area contributed by atoms with Crippen LogP contribution in [0.25, 0.3) is 5.82 Å². The minimum Gasteiger partial charge on any atom is -0.356 e. The summed E-state index contributed by atoms with van der Waals surface area (Å²) >= 11 is 0. The molecule has 10 heteroatoms. The van der Waals surface area contributed by atoms with Crippen molar-refractivity contribution in [3.63, 3.8) is 0 Å². The predicted octanol–water partition coefficient (Wildman–Crippen LogP) is 3.55. The second kappa shape index (κ2) is 8.37. The smallest absolute Gasteiger partial charge is 0.229 e. The number of hydrogen-bond donors (Lipinski definition) is 1. The fourth-order valence-electron chi connectivity index (χ4n) is 3.74. The average molecular weight is 430 g/mol. The van der Waals surface area contributed by atoms with Crippen molar-refractivity contribution in [2.75, 3.05) is 23.3 Å². The molecule has 4 rings (SSSR count). The number of hydrogen-bond acceptors (Lipinski definition) is 5. The predicted molar refractivity (Wildman–Crippen MR) is 109 cm³/mol. The minimum atomic E-state index is -1.61. The molecule has 1 unspecified atom stereocenters. The maximum Gasteiger partial charge on any atom is 0.229 e. The summed E-state index contributed by atoms with van der Waals surface area (Å²) in [4.78, 5) is 23.2. The molecular formula is C21H21F3N6O. The quantitative estimate of drug-likeness (QED) is 0.641. The highest BCUT2D eigenvalue weighted by molar-refractivity contribution is 5.93. The molecule has 1 aliphatic rings. The molecule has 0 radical (unpaired) electrons. The summed E-state index contributed by atoms with van der Waals surface area (Å²) in [6, 6.07) is 5.54. The van der Waals surface area contributed by atoms with Crippen LogP contribution in [0.1, 0.15) is 24.2 Å². The first-order valence-corrected chi connectivity index (χ1v) is 9.88. The van der Waals surface area contributed by atoms with E-state index in [1.54, 1.807) is 10.7 Å². The lowest BCUT2D eigenvalue weighted by atomic mass is 9.97. The molecule has 0 spiro atoms. The summed E-state index contributed by atoms with van der Waals surface area (Å²) < 4.78 is 42.2. The second-order valence-electron chi connectivity index (χ2n) is 7.57. The molecule has 3 heterocycles. The zero-order valence-electron chi connectivity index (χ0n) is 17.1. The standard InChI is InChI=1S/C21H21F3N6O/c1-12-8-13(2)30(28-12)18-9-17(25-11-26-18)29-7-3-4-14(10-29)21(31)27-16-6-5-15(22)19(23)20(16)24/h5-6,8-9,11,14H,3-4,7,10H2,1-2H3,(H,27,31). The van der Waals surface area contributed by atoms with Gasteiger partial charge in [0.2, 0.25) is 5.91 Å². The van der Waals surface area contributed by atoms with Gasteiger partial charge < -0.3 is 10.2 Å². The third-order valence-corrected chi connectivity index (χ3v) is 5.27. The fraction of sp³-hybridized carbons (Fsp3) is 0.333. The van der Waals surface area contributed by atoms with Gasteiger partial charge in [-0.3, -0.25) is 4.79 Å². The number of nitrogens with one attached hydrogen (secondary N) is 1. The van der Waals surface area contributed by atoms with E-state index in [2.05, 4.69) is 20.4 Å². The van der Waals surface area contributed by atoms with Crippen LogP contribution in [0, 0.1) is 37.2 Å². The molecule has 0 aliphatic carbocycles. The Bertz CT molecular complexity index is 1130. The molecule has 1 aliphatic heterocycles. The van der Waals surface area contributed by atoms with Gasteiger partial charge in [0.1, 0.15) is 12.1 Å². The van der Waals surface area contributed by atoms with Gasteiger partial charge in [-0.15, -0.1) is 0 Å². The second-order valence-corrected chi connectivity index (χ2v) is 7.57. The van der Waals surface area contributed by atoms with E-state index in [-0.39, 0.29) is 5.69 Å². The van der Waals surface area contributed by atoms with E-state index in [1.165, 1.54) is 6.33 Å². The van der Waals surface area contributed by atoms with E-state index in [1.807, 2.05) is 24.8 Å². The molecule has 1 fully saturated rings. The van der Waals surface area contributed by atoms with Crippen LogP contribution >= 0.6 is 0 Å². The Morgan fingerprint density at radius 2 is 1.87 bits per heavy atom. The van der Waals surface area contributed by atoms with Crippen molar-refractivity contribution in [3.8, 4) is 5.82 Å². The SMILES string of the molecule is Cc1cc(C)n(-c2cc(N3CCCC(C(=O)Nc4ccc(F)c(F)c4F)C3)ncn2)n1. The molecule has 0 bridgehead atoms. The number of carbonyl (C=O) groups is 1. The minimum absolute atomic E-state index is 0.352. The summed E-state index contributed by atoms with van der Waals surface area (Å²) in [6.07, 6.45) is 2.75. The third-order valence-electron chi connectivity index (χ3n) is 5.27. The van der Waals surface area contributed by atoms with E-state index < -0.39 is 29.3 Å². The van der Waals surface area contributed by atoms with Crippen LogP contribution in [0.2, 0.25) is 0 Å². The number of aryl methyl sites for hydroxylation is 2. The zero-order chi connectivity index (χ0) is 22.1. The van der Waals surface area contributed by atoms with Gasteiger partial charge in [-0.1, -0.05) is 0 Å². The first-order valence-electron chi connectivity index (χ1n) is 9.88. The number of aromatic nitrogens is 4. The Morgan fingerprint density at radius 3 is 2.61 bits per heavy atom. The Hall–Kier alpha value is -3.43. The number of carbonyl (C=O) groups excluding carboxylic acids is 1. The Morgan fingerprint density at radius 1 is 1.10 bits per heavy atom. The monoisotopic (exact) mass is 430 g/mol. The van der Waals surface area contributed by atoms with Gasteiger partial charge in [-0.2, -0.15) is 5.10 Å². The van der Waals surface area contributed by atoms with Crippen molar-refractivity contribution in [3.05, 3.63) is 59.4 Å². The summed E-state index contributed by atoms with van der Waals surface area (Å²) in [5.74, 6) is -3.98. The highest BCUT2D eigenvalue weighted by Crippen LogP contribution is 2.25. The molecule has 1 aromatic carbocycles. The number of halogens is 3. The maximum atomic E-state index is 13.9. The molecule has 31 heavy (non-hydrogen) atoms. The van der Waals surface area contributed by atoms with Crippen molar-refractivity contribution in [2.45, 2.75) is 26.7 Å². The average Bonchev–Trinajstić information content (AvgIpc) is 3.12. The van der Waals surface area contributed by atoms with Crippen molar-refractivity contribution < 1.29 is 18.0 Å². The molecule has 2 aromatic heterocycles. The highest BCUT2D eigenvalue weighted by Gasteiger charge is 2.28. The molecule has 1 amide bonds. The summed E-state index contributed by atoms with van der Waals surface area (Å²) in [5, 5.41) is 6.80. The number of benzene rings is 1. The fourth-order valence-corrected chi connectivity index (χ4v) is 3.74. The van der Waals surface area contributed by atoms with E-state index in [0.29, 0.717) is 31.1 Å². The molecule has 3 aromatic rings. The molecule has 1 atom stereocenters. The van der Waals surface area contributed by atoms with E-state index >= 15 is 0 Å². The summed E-state index contributed by atoms with van der Waals surface area (Å²) in [7, 11) is 0. The Kier molecular flexibility index (Phi) is 5.62. The van der Waals surface area contributed by atoms with Crippen molar-refractivity contribution in [2.24, 2.45) is 5.92 Å². The lowest BCUT2D eigenvalue weighted by molar-refractivity contribution is -0.120. The number of nitrogens with zero attached hydrogens (tertiary/aromatic N) is 5. The number of piperidine rings is 1. The van der Waals surface area contributed by atoms with Gasteiger partial charge in [0, 0.05) is 24.8 Å². The number of rotatable bonds is 4. The van der Waals surface area contributed by atoms with Gasteiger partial charge in [-0.05, 0) is 44.9 Å². The van der Waals surface area contributed by atoms with Crippen molar-refractivity contribution >= 4 is 17.4 Å². The van der Waals surface area contributed by atoms with Crippen LogP contribution in [0.5, 0.6) is 0 Å². The molecule has 1 saturated heterocycles. The van der Waals surface area contributed by atoms with Crippen LogP contribution in [0.3, 0.4) is 0 Å². The number of amides is 1. The lowest BCUT2D eigenvalue weighted by Gasteiger charge is -2.33.